The third-order valence-corrected chi connectivity index (χ3v) is 6.62. The number of rotatable bonds is 5. The summed E-state index contributed by atoms with van der Waals surface area (Å²) in [5.74, 6) is -0.339. The molecule has 3 aromatic carbocycles. The first-order valence-electron chi connectivity index (χ1n) is 12.2. The number of amides is 1. The van der Waals surface area contributed by atoms with Crippen LogP contribution in [-0.2, 0) is 0 Å². The Hall–Kier alpha value is -5.24. The number of carbonyl (C=O) groups excluding carboxylic acids is 1. The van der Waals surface area contributed by atoms with Crippen LogP contribution in [0.2, 0.25) is 0 Å². The molecule has 0 saturated heterocycles. The molecule has 3 aromatic heterocycles. The Morgan fingerprint density at radius 2 is 1.68 bits per heavy atom. The van der Waals surface area contributed by atoms with E-state index in [2.05, 4.69) is 15.4 Å². The van der Waals surface area contributed by atoms with Crippen LogP contribution >= 0.6 is 0 Å². The van der Waals surface area contributed by atoms with E-state index in [9.17, 15) is 9.59 Å². The summed E-state index contributed by atoms with van der Waals surface area (Å²) in [6.45, 7) is 1.84. The number of benzene rings is 3. The summed E-state index contributed by atoms with van der Waals surface area (Å²) in [5.41, 5.74) is 9.61. The van der Waals surface area contributed by atoms with Gasteiger partial charge in [-0.25, -0.2) is 9.50 Å². The fourth-order valence-corrected chi connectivity index (χ4v) is 4.87. The van der Waals surface area contributed by atoms with Gasteiger partial charge in [0.15, 0.2) is 11.5 Å². The number of anilines is 1. The van der Waals surface area contributed by atoms with E-state index in [-0.39, 0.29) is 16.9 Å². The third-order valence-electron chi connectivity index (χ3n) is 6.62. The molecule has 3 heterocycles. The topological polar surface area (TPSA) is 107 Å². The molecule has 8 heteroatoms. The van der Waals surface area contributed by atoms with Crippen LogP contribution in [0.5, 0.6) is 0 Å². The van der Waals surface area contributed by atoms with Gasteiger partial charge in [-0.3, -0.25) is 14.2 Å². The number of nitrogens with two attached hydrogens (primary N) is 1. The standard InChI is InChI=1S/C30H24N6O2/c1-19(33-29(37)26-27(31)34-35-17-9-16-32-28(26)35)24-18-21-12-8-15-23(20-10-4-2-5-11-20)25(21)30(38)36(24)22-13-6-3-7-14-22/h2-19H,1H3,(H2,31,34)(H,33,37). The van der Waals surface area contributed by atoms with Crippen LogP contribution in [-0.4, -0.2) is 25.1 Å². The van der Waals surface area contributed by atoms with E-state index in [1.54, 1.807) is 23.0 Å². The zero-order valence-corrected chi connectivity index (χ0v) is 20.6. The molecule has 0 radical (unpaired) electrons. The minimum atomic E-state index is -0.543. The summed E-state index contributed by atoms with van der Waals surface area (Å²) in [4.78, 5) is 31.9. The maximum absolute atomic E-state index is 14.2. The minimum Gasteiger partial charge on any atom is -0.381 e. The van der Waals surface area contributed by atoms with Gasteiger partial charge in [-0.1, -0.05) is 66.7 Å². The molecule has 0 aliphatic rings. The van der Waals surface area contributed by atoms with Crippen LogP contribution in [0.3, 0.4) is 0 Å². The molecule has 6 aromatic rings. The summed E-state index contributed by atoms with van der Waals surface area (Å²) in [6.07, 6.45) is 3.26. The lowest BCUT2D eigenvalue weighted by molar-refractivity contribution is 0.0941. The van der Waals surface area contributed by atoms with Crippen LogP contribution in [0, 0.1) is 0 Å². The number of nitrogens with zero attached hydrogens (tertiary/aromatic N) is 4. The van der Waals surface area contributed by atoms with Gasteiger partial charge in [0.1, 0.15) is 5.56 Å². The molecule has 3 N–H and O–H groups in total. The predicted octanol–water partition coefficient (Wildman–Crippen LogP) is 4.77. The van der Waals surface area contributed by atoms with Crippen LogP contribution in [0.4, 0.5) is 5.82 Å². The molecule has 1 unspecified atom stereocenters. The van der Waals surface area contributed by atoms with E-state index in [1.165, 1.54) is 4.52 Å². The first kappa shape index (κ1) is 23.2. The number of para-hydroxylation sites is 1. The van der Waals surface area contributed by atoms with Gasteiger partial charge < -0.3 is 11.1 Å². The number of nitrogens with one attached hydrogen (secondary N) is 1. The molecule has 0 bridgehead atoms. The highest BCUT2D eigenvalue weighted by Crippen LogP contribution is 2.29. The molecule has 186 valence electrons. The van der Waals surface area contributed by atoms with Crippen LogP contribution < -0.4 is 16.6 Å². The Labute approximate surface area is 218 Å². The second kappa shape index (κ2) is 9.33. The van der Waals surface area contributed by atoms with Crippen molar-refractivity contribution in [3.63, 3.8) is 0 Å². The molecule has 0 aliphatic heterocycles. The highest BCUT2D eigenvalue weighted by atomic mass is 16.2. The first-order valence-corrected chi connectivity index (χ1v) is 12.2. The Kier molecular flexibility index (Phi) is 5.69. The molecule has 0 spiro atoms. The van der Waals surface area contributed by atoms with Crippen molar-refractivity contribution < 1.29 is 4.79 Å². The Bertz CT molecular complexity index is 1860. The lowest BCUT2D eigenvalue weighted by Gasteiger charge is -2.21. The number of aromatic nitrogens is 4. The monoisotopic (exact) mass is 500 g/mol. The van der Waals surface area contributed by atoms with Crippen LogP contribution in [0.1, 0.15) is 29.0 Å². The molecule has 1 atom stereocenters. The number of hydrogen-bond acceptors (Lipinski definition) is 5. The smallest absolute Gasteiger partial charge is 0.263 e. The Morgan fingerprint density at radius 1 is 0.947 bits per heavy atom. The van der Waals surface area contributed by atoms with E-state index in [0.717, 1.165) is 16.5 Å². The van der Waals surface area contributed by atoms with Crippen molar-refractivity contribution in [2.45, 2.75) is 13.0 Å². The lowest BCUT2D eigenvalue weighted by Crippen LogP contribution is -2.32. The Morgan fingerprint density at radius 3 is 2.45 bits per heavy atom. The molecular formula is C30H24N6O2. The van der Waals surface area contributed by atoms with Gasteiger partial charge in [0.2, 0.25) is 0 Å². The lowest BCUT2D eigenvalue weighted by atomic mass is 9.98. The normalized spacial score (nSPS) is 12.0. The third kappa shape index (κ3) is 3.88. The minimum absolute atomic E-state index is 0.0832. The van der Waals surface area contributed by atoms with Gasteiger partial charge in [-0.05, 0) is 47.7 Å². The molecule has 8 nitrogen and oxygen atoms in total. The summed E-state index contributed by atoms with van der Waals surface area (Å²) < 4.78 is 3.13. The van der Waals surface area contributed by atoms with Gasteiger partial charge >= 0.3 is 0 Å². The fourth-order valence-electron chi connectivity index (χ4n) is 4.87. The van der Waals surface area contributed by atoms with E-state index in [0.29, 0.717) is 22.4 Å². The summed E-state index contributed by atoms with van der Waals surface area (Å²) in [7, 11) is 0. The molecule has 1 amide bonds. The van der Waals surface area contributed by atoms with E-state index < -0.39 is 11.9 Å². The molecule has 0 fully saturated rings. The predicted molar refractivity (Wildman–Crippen MR) is 148 cm³/mol. The average Bonchev–Trinajstić information content (AvgIpc) is 3.29. The first-order chi connectivity index (χ1) is 18.5. The molecule has 6 rings (SSSR count). The maximum Gasteiger partial charge on any atom is 0.263 e. The Balaban J connectivity index is 1.51. The fraction of sp³-hybridized carbons (Fsp3) is 0.0667. The number of hydrogen-bond donors (Lipinski definition) is 2. The molecule has 0 saturated carbocycles. The van der Waals surface area contributed by atoms with Crippen molar-refractivity contribution in [3.8, 4) is 16.8 Å². The summed E-state index contributed by atoms with van der Waals surface area (Å²) >= 11 is 0. The van der Waals surface area contributed by atoms with Crippen LogP contribution in [0.15, 0.2) is 108 Å². The van der Waals surface area contributed by atoms with Gasteiger partial charge in [0.25, 0.3) is 11.5 Å². The number of nitrogen functional groups attached to an aromatic ring is 1. The summed E-state index contributed by atoms with van der Waals surface area (Å²) in [6, 6.07) is 28.2. The zero-order valence-electron chi connectivity index (χ0n) is 20.6. The van der Waals surface area contributed by atoms with E-state index in [4.69, 9.17) is 5.73 Å². The van der Waals surface area contributed by atoms with Crippen molar-refractivity contribution in [3.05, 3.63) is 125 Å². The van der Waals surface area contributed by atoms with Crippen molar-refractivity contribution in [2.75, 3.05) is 5.73 Å². The van der Waals surface area contributed by atoms with Gasteiger partial charge in [-0.2, -0.15) is 0 Å². The highest BCUT2D eigenvalue weighted by Gasteiger charge is 2.24. The largest absolute Gasteiger partial charge is 0.381 e. The van der Waals surface area contributed by atoms with Crippen molar-refractivity contribution in [2.24, 2.45) is 0 Å². The quantitative estimate of drug-likeness (QED) is 0.354. The van der Waals surface area contributed by atoms with Crippen LogP contribution in [0.25, 0.3) is 33.2 Å². The summed E-state index contributed by atoms with van der Waals surface area (Å²) in [5, 5.41) is 8.60. The van der Waals surface area contributed by atoms with Crippen molar-refractivity contribution in [1.29, 1.82) is 0 Å². The number of pyridine rings is 1. The van der Waals surface area contributed by atoms with Gasteiger partial charge in [-0.15, -0.1) is 5.10 Å². The second-order valence-corrected chi connectivity index (χ2v) is 9.02. The maximum atomic E-state index is 14.2. The average molecular weight is 501 g/mol. The highest BCUT2D eigenvalue weighted by molar-refractivity contribution is 6.04. The van der Waals surface area contributed by atoms with Gasteiger partial charge in [0.05, 0.1) is 11.4 Å². The second-order valence-electron chi connectivity index (χ2n) is 9.02. The molecule has 0 aliphatic carbocycles. The van der Waals surface area contributed by atoms with E-state index >= 15 is 0 Å². The van der Waals surface area contributed by atoms with Gasteiger partial charge in [0, 0.05) is 23.8 Å². The number of fused-ring (bicyclic) bond motifs is 2. The number of carbonyl (C=O) groups is 1. The molecule has 38 heavy (non-hydrogen) atoms. The SMILES string of the molecule is CC(NC(=O)c1c(N)nn2cccnc12)c1cc2cccc(-c3ccccc3)c2c(=O)n1-c1ccccc1. The van der Waals surface area contributed by atoms with E-state index in [1.807, 2.05) is 91.9 Å². The van der Waals surface area contributed by atoms with Crippen molar-refractivity contribution >= 4 is 28.1 Å². The van der Waals surface area contributed by atoms with Crippen molar-refractivity contribution in [1.82, 2.24) is 24.5 Å². The molecular weight excluding hydrogens is 476 g/mol. The zero-order chi connectivity index (χ0) is 26.2.